The minimum Gasteiger partial charge on any atom is -0.457 e. The van der Waals surface area contributed by atoms with Crippen LogP contribution in [0.3, 0.4) is 0 Å². The molecule has 0 fully saturated rings. The lowest BCUT2D eigenvalue weighted by Crippen LogP contribution is -2.13. The van der Waals surface area contributed by atoms with Crippen LogP contribution >= 0.6 is 11.6 Å². The Morgan fingerprint density at radius 1 is 1.05 bits per heavy atom. The standard InChI is InChI=1S/C17H15ClO3/c1-12(19)21-17(14-7-9-15(18)10-8-14)11-16(20)13-5-3-2-4-6-13/h2-10,17H,11H2,1H3. The van der Waals surface area contributed by atoms with Gasteiger partial charge in [-0.2, -0.15) is 0 Å². The highest BCUT2D eigenvalue weighted by Gasteiger charge is 2.19. The third kappa shape index (κ3) is 4.43. The quantitative estimate of drug-likeness (QED) is 0.613. The maximum Gasteiger partial charge on any atom is 0.303 e. The predicted octanol–water partition coefficient (Wildman–Crippen LogP) is 4.22. The van der Waals surface area contributed by atoms with Gasteiger partial charge in [-0.25, -0.2) is 0 Å². The zero-order valence-electron chi connectivity index (χ0n) is 11.6. The van der Waals surface area contributed by atoms with Gasteiger partial charge in [0.2, 0.25) is 0 Å². The molecule has 0 aliphatic carbocycles. The molecule has 1 unspecified atom stereocenters. The second-order valence-corrected chi connectivity index (χ2v) is 5.08. The van der Waals surface area contributed by atoms with E-state index in [1.807, 2.05) is 6.07 Å². The number of carbonyl (C=O) groups excluding carboxylic acids is 2. The molecule has 1 atom stereocenters. The van der Waals surface area contributed by atoms with E-state index in [1.165, 1.54) is 6.92 Å². The first kappa shape index (κ1) is 15.3. The summed E-state index contributed by atoms with van der Waals surface area (Å²) in [6, 6.07) is 15.9. The SMILES string of the molecule is CC(=O)OC(CC(=O)c1ccccc1)c1ccc(Cl)cc1. The molecule has 0 N–H and O–H groups in total. The molecule has 2 aromatic rings. The van der Waals surface area contributed by atoms with Crippen LogP contribution in [0, 0.1) is 0 Å². The molecule has 0 aliphatic rings. The van der Waals surface area contributed by atoms with Crippen LogP contribution < -0.4 is 0 Å². The molecular formula is C17H15ClO3. The molecular weight excluding hydrogens is 288 g/mol. The Kier molecular flexibility index (Phi) is 5.12. The first-order chi connectivity index (χ1) is 10.1. The average molecular weight is 303 g/mol. The van der Waals surface area contributed by atoms with Crippen molar-refractivity contribution >= 4 is 23.4 Å². The van der Waals surface area contributed by atoms with Crippen LogP contribution in [0.1, 0.15) is 35.4 Å². The number of esters is 1. The van der Waals surface area contributed by atoms with Gasteiger partial charge in [0.1, 0.15) is 6.10 Å². The van der Waals surface area contributed by atoms with Gasteiger partial charge >= 0.3 is 5.97 Å². The second-order valence-electron chi connectivity index (χ2n) is 4.64. The lowest BCUT2D eigenvalue weighted by Gasteiger charge is -2.17. The summed E-state index contributed by atoms with van der Waals surface area (Å²) < 4.78 is 5.27. The minimum absolute atomic E-state index is 0.0724. The van der Waals surface area contributed by atoms with Crippen molar-refractivity contribution in [2.45, 2.75) is 19.4 Å². The molecule has 0 spiro atoms. The third-order valence-corrected chi connectivity index (χ3v) is 3.27. The smallest absolute Gasteiger partial charge is 0.303 e. The highest BCUT2D eigenvalue weighted by atomic mass is 35.5. The van der Waals surface area contributed by atoms with E-state index in [0.29, 0.717) is 10.6 Å². The van der Waals surface area contributed by atoms with Crippen LogP contribution in [0.25, 0.3) is 0 Å². The van der Waals surface area contributed by atoms with Crippen LogP contribution in [0.15, 0.2) is 54.6 Å². The van der Waals surface area contributed by atoms with E-state index in [9.17, 15) is 9.59 Å². The molecule has 0 amide bonds. The first-order valence-electron chi connectivity index (χ1n) is 6.57. The van der Waals surface area contributed by atoms with Gasteiger partial charge in [0, 0.05) is 17.5 Å². The fraction of sp³-hybridized carbons (Fsp3) is 0.176. The van der Waals surface area contributed by atoms with E-state index < -0.39 is 12.1 Å². The normalized spacial score (nSPS) is 11.7. The summed E-state index contributed by atoms with van der Waals surface area (Å²) in [5.74, 6) is -0.493. The number of rotatable bonds is 5. The molecule has 108 valence electrons. The van der Waals surface area contributed by atoms with Gasteiger partial charge < -0.3 is 4.74 Å². The molecule has 0 aromatic heterocycles. The summed E-state index contributed by atoms with van der Waals surface area (Å²) >= 11 is 5.85. The number of hydrogen-bond acceptors (Lipinski definition) is 3. The van der Waals surface area contributed by atoms with Gasteiger partial charge in [-0.15, -0.1) is 0 Å². The number of benzene rings is 2. The Hall–Kier alpha value is -2.13. The van der Waals surface area contributed by atoms with Crippen molar-refractivity contribution in [2.75, 3.05) is 0 Å². The summed E-state index contributed by atoms with van der Waals surface area (Å²) in [5, 5.41) is 0.592. The Morgan fingerprint density at radius 2 is 1.67 bits per heavy atom. The topological polar surface area (TPSA) is 43.4 Å². The third-order valence-electron chi connectivity index (χ3n) is 3.02. The molecule has 2 rings (SSSR count). The van der Waals surface area contributed by atoms with Gasteiger partial charge in [-0.05, 0) is 17.7 Å². The molecule has 0 radical (unpaired) electrons. The van der Waals surface area contributed by atoms with Crippen molar-refractivity contribution in [1.82, 2.24) is 0 Å². The van der Waals surface area contributed by atoms with Gasteiger partial charge in [0.15, 0.2) is 5.78 Å². The molecule has 2 aromatic carbocycles. The fourth-order valence-electron chi connectivity index (χ4n) is 2.02. The molecule has 0 saturated carbocycles. The summed E-state index contributed by atoms with van der Waals surface area (Å²) in [6.45, 7) is 1.33. The van der Waals surface area contributed by atoms with E-state index in [0.717, 1.165) is 5.56 Å². The summed E-state index contributed by atoms with van der Waals surface area (Å²) in [5.41, 5.74) is 1.35. The van der Waals surface area contributed by atoms with E-state index in [4.69, 9.17) is 16.3 Å². The van der Waals surface area contributed by atoms with Crippen molar-refractivity contribution in [3.8, 4) is 0 Å². The Bertz CT molecular complexity index is 620. The van der Waals surface area contributed by atoms with Crippen LogP contribution in [0.2, 0.25) is 5.02 Å². The number of ether oxygens (including phenoxy) is 1. The lowest BCUT2D eigenvalue weighted by atomic mass is 10.00. The minimum atomic E-state index is -0.604. The lowest BCUT2D eigenvalue weighted by molar-refractivity contribution is -0.146. The van der Waals surface area contributed by atoms with Gasteiger partial charge in [-0.3, -0.25) is 9.59 Å². The molecule has 0 saturated heterocycles. The first-order valence-corrected chi connectivity index (χ1v) is 6.95. The van der Waals surface area contributed by atoms with E-state index in [2.05, 4.69) is 0 Å². The molecule has 21 heavy (non-hydrogen) atoms. The summed E-state index contributed by atoms with van der Waals surface area (Å²) in [4.78, 5) is 23.5. The molecule has 0 bridgehead atoms. The summed E-state index contributed by atoms with van der Waals surface area (Å²) in [7, 11) is 0. The maximum atomic E-state index is 12.3. The summed E-state index contributed by atoms with van der Waals surface area (Å²) in [6.07, 6.45) is -0.502. The van der Waals surface area contributed by atoms with Crippen LogP contribution in [-0.4, -0.2) is 11.8 Å². The Balaban J connectivity index is 2.18. The predicted molar refractivity (Wildman–Crippen MR) is 81.3 cm³/mol. The fourth-order valence-corrected chi connectivity index (χ4v) is 2.14. The highest BCUT2D eigenvalue weighted by molar-refractivity contribution is 6.30. The van der Waals surface area contributed by atoms with Crippen molar-refractivity contribution in [2.24, 2.45) is 0 Å². The van der Waals surface area contributed by atoms with E-state index in [-0.39, 0.29) is 12.2 Å². The molecule has 4 heteroatoms. The van der Waals surface area contributed by atoms with Crippen LogP contribution in [0.5, 0.6) is 0 Å². The van der Waals surface area contributed by atoms with Crippen LogP contribution in [-0.2, 0) is 9.53 Å². The second kappa shape index (κ2) is 7.04. The average Bonchev–Trinajstić information content (AvgIpc) is 2.48. The van der Waals surface area contributed by atoms with Gasteiger partial charge in [0.25, 0.3) is 0 Å². The van der Waals surface area contributed by atoms with Crippen molar-refractivity contribution in [1.29, 1.82) is 0 Å². The number of carbonyl (C=O) groups is 2. The van der Waals surface area contributed by atoms with Crippen LogP contribution in [0.4, 0.5) is 0 Å². The van der Waals surface area contributed by atoms with Gasteiger partial charge in [0.05, 0.1) is 6.42 Å². The molecule has 0 aliphatic heterocycles. The maximum absolute atomic E-state index is 12.3. The van der Waals surface area contributed by atoms with Crippen molar-refractivity contribution in [3.05, 3.63) is 70.7 Å². The zero-order valence-corrected chi connectivity index (χ0v) is 12.3. The van der Waals surface area contributed by atoms with E-state index in [1.54, 1.807) is 48.5 Å². The highest BCUT2D eigenvalue weighted by Crippen LogP contribution is 2.25. The van der Waals surface area contributed by atoms with Gasteiger partial charge in [-0.1, -0.05) is 54.1 Å². The van der Waals surface area contributed by atoms with E-state index >= 15 is 0 Å². The monoisotopic (exact) mass is 302 g/mol. The number of hydrogen-bond donors (Lipinski definition) is 0. The Labute approximate surface area is 128 Å². The molecule has 0 heterocycles. The number of ketones is 1. The Morgan fingerprint density at radius 3 is 2.24 bits per heavy atom. The van der Waals surface area contributed by atoms with Crippen molar-refractivity contribution in [3.63, 3.8) is 0 Å². The largest absolute Gasteiger partial charge is 0.457 e. The van der Waals surface area contributed by atoms with Crippen molar-refractivity contribution < 1.29 is 14.3 Å². The molecule has 3 nitrogen and oxygen atoms in total. The number of halogens is 1. The zero-order chi connectivity index (χ0) is 15.2. The number of Topliss-reactive ketones (excluding diaryl/α,β-unsaturated/α-hetero) is 1.